The van der Waals surface area contributed by atoms with Crippen molar-refractivity contribution in [3.8, 4) is 0 Å². The van der Waals surface area contributed by atoms with Crippen molar-refractivity contribution in [1.82, 2.24) is 19.7 Å². The Bertz CT molecular complexity index is 1410. The topological polar surface area (TPSA) is 144 Å². The molecular weight excluding hydrogens is 541 g/mol. The third kappa shape index (κ3) is 5.84. The summed E-state index contributed by atoms with van der Waals surface area (Å²) in [5.74, 6) is 0.437. The summed E-state index contributed by atoms with van der Waals surface area (Å²) in [4.78, 5) is 45.7. The van der Waals surface area contributed by atoms with Crippen molar-refractivity contribution in [3.05, 3.63) is 59.9 Å². The highest BCUT2D eigenvalue weighted by molar-refractivity contribution is 7.57. The molecule has 212 valence electrons. The zero-order valence-electron chi connectivity index (χ0n) is 22.2. The molecule has 0 bridgehead atoms. The van der Waals surface area contributed by atoms with E-state index in [1.54, 1.807) is 44.2 Å². The van der Waals surface area contributed by atoms with Crippen molar-refractivity contribution in [2.75, 3.05) is 31.3 Å². The van der Waals surface area contributed by atoms with Gasteiger partial charge in [-0.05, 0) is 51.3 Å². The van der Waals surface area contributed by atoms with Crippen LogP contribution in [-0.4, -0.2) is 70.3 Å². The number of anilines is 1. The van der Waals surface area contributed by atoms with Gasteiger partial charge >= 0.3 is 7.60 Å². The van der Waals surface area contributed by atoms with Gasteiger partial charge in [0.2, 0.25) is 5.65 Å². The Balaban J connectivity index is 1.37. The summed E-state index contributed by atoms with van der Waals surface area (Å²) >= 11 is 0. The maximum atomic E-state index is 13.0. The quantitative estimate of drug-likeness (QED) is 0.232. The molecule has 0 unspecified atom stereocenters. The smallest absolute Gasteiger partial charge is 0.353 e. The highest BCUT2D eigenvalue weighted by atomic mass is 31.2. The molecule has 2 aliphatic heterocycles. The first kappa shape index (κ1) is 28.1. The van der Waals surface area contributed by atoms with E-state index < -0.39 is 31.8 Å². The minimum atomic E-state index is -3.47. The molecule has 2 amide bonds. The standard InChI is InChI=1S/C26H30N5O8P/c1-3-37-40(34,38-4-2)14-12-18(39-21-11-7-8-13-35-21)15-36-30-17-29-22-23(30)27-16-28-24(22)31-25(32)19-9-5-6-10-20(19)26(31)33/h5-6,9-10,12,14,16-18,21H,3-4,7-8,11,13,15H2,1-2H3/t18-,21+/m1/s1. The molecule has 1 saturated heterocycles. The van der Waals surface area contributed by atoms with E-state index in [0.29, 0.717) is 24.2 Å². The van der Waals surface area contributed by atoms with E-state index in [4.69, 9.17) is 23.4 Å². The predicted octanol–water partition coefficient (Wildman–Crippen LogP) is 3.75. The Labute approximate surface area is 230 Å². The van der Waals surface area contributed by atoms with Gasteiger partial charge in [-0.1, -0.05) is 12.1 Å². The van der Waals surface area contributed by atoms with Crippen molar-refractivity contribution in [1.29, 1.82) is 0 Å². The lowest BCUT2D eigenvalue weighted by molar-refractivity contribution is -0.187. The fourth-order valence-corrected chi connectivity index (χ4v) is 5.80. The fraction of sp³-hybridized carbons (Fsp3) is 0.423. The van der Waals surface area contributed by atoms with Gasteiger partial charge in [-0.3, -0.25) is 14.2 Å². The number of aromatic nitrogens is 4. The van der Waals surface area contributed by atoms with Gasteiger partial charge in [-0.25, -0.2) is 19.9 Å². The van der Waals surface area contributed by atoms with Crippen LogP contribution >= 0.6 is 7.60 Å². The second kappa shape index (κ2) is 12.4. The van der Waals surface area contributed by atoms with Gasteiger partial charge in [-0.2, -0.15) is 4.73 Å². The fourth-order valence-electron chi connectivity index (χ4n) is 4.43. The van der Waals surface area contributed by atoms with Crippen molar-refractivity contribution in [3.63, 3.8) is 0 Å². The van der Waals surface area contributed by atoms with Gasteiger partial charge in [0.1, 0.15) is 25.4 Å². The lowest BCUT2D eigenvalue weighted by atomic mass is 10.1. The number of benzene rings is 1. The van der Waals surface area contributed by atoms with Crippen molar-refractivity contribution >= 4 is 36.4 Å². The van der Waals surface area contributed by atoms with E-state index in [9.17, 15) is 14.2 Å². The Morgan fingerprint density at radius 2 is 1.80 bits per heavy atom. The molecule has 2 aliphatic rings. The molecule has 0 N–H and O–H groups in total. The molecule has 13 nitrogen and oxygen atoms in total. The van der Waals surface area contributed by atoms with Crippen LogP contribution in [0.25, 0.3) is 11.2 Å². The van der Waals surface area contributed by atoms with Gasteiger partial charge in [0.05, 0.1) is 24.3 Å². The molecule has 0 radical (unpaired) electrons. The first-order valence-corrected chi connectivity index (χ1v) is 14.7. The van der Waals surface area contributed by atoms with E-state index in [0.717, 1.165) is 17.7 Å². The molecule has 4 heterocycles. The van der Waals surface area contributed by atoms with Crippen LogP contribution in [0.3, 0.4) is 0 Å². The summed E-state index contributed by atoms with van der Waals surface area (Å²) in [7, 11) is -3.47. The first-order valence-electron chi connectivity index (χ1n) is 13.1. The average molecular weight is 572 g/mol. The summed E-state index contributed by atoms with van der Waals surface area (Å²) in [6.45, 7) is 4.44. The normalized spacial score (nSPS) is 18.6. The second-order valence-corrected chi connectivity index (χ2v) is 10.8. The number of imide groups is 1. The number of rotatable bonds is 12. The molecule has 2 aromatic heterocycles. The summed E-state index contributed by atoms with van der Waals surface area (Å²) in [5.41, 5.74) is 1.04. The van der Waals surface area contributed by atoms with Crippen LogP contribution in [0.4, 0.5) is 5.82 Å². The highest BCUT2D eigenvalue weighted by Crippen LogP contribution is 2.49. The third-order valence-corrected chi connectivity index (χ3v) is 8.01. The largest absolute Gasteiger partial charge is 0.408 e. The SMILES string of the molecule is CCOP(=O)(C=C[C@H](COn1cnc2c(N3C(=O)c4ccccc4C3=O)ncnc21)O[C@H]1CCCCO1)OCC. The first-order chi connectivity index (χ1) is 19.4. The Morgan fingerprint density at radius 1 is 1.07 bits per heavy atom. The van der Waals surface area contributed by atoms with Crippen LogP contribution in [0, 0.1) is 0 Å². The minimum absolute atomic E-state index is 0.0353. The van der Waals surface area contributed by atoms with Crippen molar-refractivity contribution in [2.45, 2.75) is 45.5 Å². The Hall–Kier alpha value is -3.48. The number of amides is 2. The molecule has 1 aromatic carbocycles. The zero-order chi connectivity index (χ0) is 28.1. The second-order valence-electron chi connectivity index (χ2n) is 8.91. The molecule has 0 spiro atoms. The molecule has 1 fully saturated rings. The van der Waals surface area contributed by atoms with E-state index in [-0.39, 0.29) is 36.8 Å². The number of hydrogen-bond donors (Lipinski definition) is 0. The molecule has 3 aromatic rings. The number of nitrogens with zero attached hydrogens (tertiary/aromatic N) is 5. The van der Waals surface area contributed by atoms with Crippen LogP contribution in [0.5, 0.6) is 0 Å². The van der Waals surface area contributed by atoms with E-state index >= 15 is 0 Å². The molecule has 5 rings (SSSR count). The predicted molar refractivity (Wildman–Crippen MR) is 143 cm³/mol. The van der Waals surface area contributed by atoms with E-state index in [1.807, 2.05) is 0 Å². The molecule has 0 saturated carbocycles. The summed E-state index contributed by atoms with van der Waals surface area (Å²) in [6, 6.07) is 6.57. The van der Waals surface area contributed by atoms with Gasteiger partial charge in [-0.15, -0.1) is 0 Å². The number of hydrogen-bond acceptors (Lipinski definition) is 11. The lowest BCUT2D eigenvalue weighted by Crippen LogP contribution is -2.32. The Morgan fingerprint density at radius 3 is 2.45 bits per heavy atom. The van der Waals surface area contributed by atoms with Crippen LogP contribution < -0.4 is 9.74 Å². The molecule has 14 heteroatoms. The van der Waals surface area contributed by atoms with E-state index in [2.05, 4.69) is 15.0 Å². The van der Waals surface area contributed by atoms with Gasteiger partial charge < -0.3 is 23.4 Å². The maximum absolute atomic E-state index is 13.0. The monoisotopic (exact) mass is 571 g/mol. The Kier molecular flexibility index (Phi) is 8.67. The highest BCUT2D eigenvalue weighted by Gasteiger charge is 2.38. The van der Waals surface area contributed by atoms with Gasteiger partial charge in [0.25, 0.3) is 11.8 Å². The van der Waals surface area contributed by atoms with Gasteiger partial charge in [0, 0.05) is 12.4 Å². The number of carbonyl (C=O) groups is 2. The number of fused-ring (bicyclic) bond motifs is 2. The van der Waals surface area contributed by atoms with E-state index in [1.165, 1.54) is 23.2 Å². The van der Waals surface area contributed by atoms with Crippen LogP contribution in [0.1, 0.15) is 53.8 Å². The lowest BCUT2D eigenvalue weighted by Gasteiger charge is -2.26. The maximum Gasteiger partial charge on any atom is 0.353 e. The van der Waals surface area contributed by atoms with Crippen molar-refractivity contribution < 1.29 is 37.5 Å². The third-order valence-electron chi connectivity index (χ3n) is 6.23. The zero-order valence-corrected chi connectivity index (χ0v) is 23.1. The van der Waals surface area contributed by atoms with Crippen LogP contribution in [0.15, 0.2) is 48.8 Å². The number of imidazole rings is 1. The number of ether oxygens (including phenoxy) is 2. The minimum Gasteiger partial charge on any atom is -0.408 e. The number of carbonyl (C=O) groups excluding carboxylic acids is 2. The van der Waals surface area contributed by atoms with Gasteiger partial charge in [0.15, 0.2) is 17.6 Å². The molecule has 40 heavy (non-hydrogen) atoms. The summed E-state index contributed by atoms with van der Waals surface area (Å²) < 4.78 is 36.8. The molecule has 0 aliphatic carbocycles. The molecule has 2 atom stereocenters. The van der Waals surface area contributed by atoms with Crippen molar-refractivity contribution in [2.24, 2.45) is 0 Å². The average Bonchev–Trinajstić information content (AvgIpc) is 3.49. The summed E-state index contributed by atoms with van der Waals surface area (Å²) in [5, 5.41) is 0. The summed E-state index contributed by atoms with van der Waals surface area (Å²) in [6.07, 6.45) is 5.66. The van der Waals surface area contributed by atoms with Crippen LogP contribution in [-0.2, 0) is 23.1 Å². The van der Waals surface area contributed by atoms with Crippen LogP contribution in [0.2, 0.25) is 0 Å². The molecular formula is C26H30N5O8P.